The predicted octanol–water partition coefficient (Wildman–Crippen LogP) is 2.45. The molecule has 0 aliphatic rings. The zero-order valence-corrected chi connectivity index (χ0v) is 14.9. The van der Waals surface area contributed by atoms with E-state index in [1.165, 1.54) is 0 Å². The number of ether oxygens (including phenoxy) is 2. The first-order valence-corrected chi connectivity index (χ1v) is 8.30. The van der Waals surface area contributed by atoms with Crippen LogP contribution in [-0.4, -0.2) is 37.2 Å². The molecule has 1 atom stereocenters. The molecule has 2 aromatic rings. The number of aliphatic carboxylic acids is 1. The number of amides is 1. The van der Waals surface area contributed by atoms with Gasteiger partial charge in [-0.05, 0) is 29.7 Å². The molecule has 138 valence electrons. The van der Waals surface area contributed by atoms with Gasteiger partial charge in [0.15, 0.2) is 11.5 Å². The number of rotatable bonds is 9. The highest BCUT2D eigenvalue weighted by molar-refractivity contribution is 5.83. The molecule has 2 N–H and O–H groups in total. The van der Waals surface area contributed by atoms with Gasteiger partial charge in [0.05, 0.1) is 14.2 Å². The normalized spacial score (nSPS) is 11.5. The van der Waals surface area contributed by atoms with E-state index in [1.807, 2.05) is 42.5 Å². The molecule has 2 aromatic carbocycles. The Morgan fingerprint density at radius 2 is 1.69 bits per heavy atom. The van der Waals surface area contributed by atoms with E-state index in [0.29, 0.717) is 17.9 Å². The fourth-order valence-electron chi connectivity index (χ4n) is 2.61. The van der Waals surface area contributed by atoms with Crippen molar-refractivity contribution in [3.05, 3.63) is 59.7 Å². The lowest BCUT2D eigenvalue weighted by Gasteiger charge is -2.15. The van der Waals surface area contributed by atoms with Crippen molar-refractivity contribution in [2.45, 2.75) is 25.3 Å². The zero-order chi connectivity index (χ0) is 18.9. The van der Waals surface area contributed by atoms with Gasteiger partial charge in [-0.15, -0.1) is 0 Å². The summed E-state index contributed by atoms with van der Waals surface area (Å²) in [5.74, 6) is -0.135. The van der Waals surface area contributed by atoms with Crippen molar-refractivity contribution >= 4 is 11.9 Å². The lowest BCUT2D eigenvalue weighted by Crippen LogP contribution is -2.42. The minimum absolute atomic E-state index is 0.189. The number of carboxylic acids is 1. The Labute approximate surface area is 152 Å². The van der Waals surface area contributed by atoms with Gasteiger partial charge >= 0.3 is 5.97 Å². The minimum atomic E-state index is -1.05. The highest BCUT2D eigenvalue weighted by Gasteiger charge is 2.20. The summed E-state index contributed by atoms with van der Waals surface area (Å²) < 4.78 is 10.4. The smallest absolute Gasteiger partial charge is 0.326 e. The van der Waals surface area contributed by atoms with Crippen molar-refractivity contribution in [3.63, 3.8) is 0 Å². The van der Waals surface area contributed by atoms with Crippen LogP contribution in [0.1, 0.15) is 17.5 Å². The lowest BCUT2D eigenvalue weighted by atomic mass is 10.1. The van der Waals surface area contributed by atoms with Gasteiger partial charge in [0, 0.05) is 12.8 Å². The monoisotopic (exact) mass is 357 g/mol. The number of carbonyl (C=O) groups excluding carboxylic acids is 1. The highest BCUT2D eigenvalue weighted by Crippen LogP contribution is 2.27. The van der Waals surface area contributed by atoms with Gasteiger partial charge in [0.2, 0.25) is 5.91 Å². The molecule has 0 saturated heterocycles. The van der Waals surface area contributed by atoms with Gasteiger partial charge in [-0.1, -0.05) is 36.4 Å². The van der Waals surface area contributed by atoms with E-state index in [4.69, 9.17) is 9.47 Å². The van der Waals surface area contributed by atoms with E-state index < -0.39 is 12.0 Å². The van der Waals surface area contributed by atoms with Crippen LogP contribution in [0.15, 0.2) is 48.5 Å². The average molecular weight is 357 g/mol. The number of methoxy groups -OCH3 is 2. The molecule has 26 heavy (non-hydrogen) atoms. The standard InChI is InChI=1S/C20H23NO5/c1-25-17-10-8-15(13-18(17)26-2)9-11-19(22)21-16(20(23)24)12-14-6-4-3-5-7-14/h3-8,10,13,16H,9,11-12H2,1-2H3,(H,21,22)(H,23,24). The van der Waals surface area contributed by atoms with Crippen molar-refractivity contribution in [3.8, 4) is 11.5 Å². The molecule has 0 aromatic heterocycles. The third kappa shape index (κ3) is 5.51. The quantitative estimate of drug-likeness (QED) is 0.720. The number of aryl methyl sites for hydroxylation is 1. The maximum absolute atomic E-state index is 12.2. The molecule has 0 aliphatic heterocycles. The number of nitrogens with one attached hydrogen (secondary N) is 1. The molecule has 0 radical (unpaired) electrons. The van der Waals surface area contributed by atoms with Gasteiger partial charge < -0.3 is 19.9 Å². The lowest BCUT2D eigenvalue weighted by molar-refractivity contribution is -0.141. The van der Waals surface area contributed by atoms with Crippen LogP contribution >= 0.6 is 0 Å². The summed E-state index contributed by atoms with van der Waals surface area (Å²) in [5.41, 5.74) is 1.77. The van der Waals surface area contributed by atoms with E-state index in [-0.39, 0.29) is 18.7 Å². The largest absolute Gasteiger partial charge is 0.493 e. The third-order valence-corrected chi connectivity index (χ3v) is 4.00. The van der Waals surface area contributed by atoms with E-state index in [9.17, 15) is 14.7 Å². The first-order chi connectivity index (χ1) is 12.5. The number of benzene rings is 2. The molecule has 6 heteroatoms. The second-order valence-corrected chi connectivity index (χ2v) is 5.84. The summed E-state index contributed by atoms with van der Waals surface area (Å²) in [7, 11) is 3.11. The van der Waals surface area contributed by atoms with Crippen LogP contribution in [-0.2, 0) is 22.4 Å². The Morgan fingerprint density at radius 3 is 2.31 bits per heavy atom. The molecule has 6 nitrogen and oxygen atoms in total. The average Bonchev–Trinajstić information content (AvgIpc) is 2.66. The van der Waals surface area contributed by atoms with Crippen molar-refractivity contribution in [1.29, 1.82) is 0 Å². The van der Waals surface area contributed by atoms with Crippen LogP contribution in [0.25, 0.3) is 0 Å². The molecular weight excluding hydrogens is 334 g/mol. The predicted molar refractivity (Wildman–Crippen MR) is 97.6 cm³/mol. The van der Waals surface area contributed by atoms with Gasteiger partial charge in [-0.3, -0.25) is 4.79 Å². The summed E-state index contributed by atoms with van der Waals surface area (Å²) in [6.07, 6.45) is 0.913. The van der Waals surface area contributed by atoms with Crippen LogP contribution < -0.4 is 14.8 Å². The van der Waals surface area contributed by atoms with E-state index in [0.717, 1.165) is 11.1 Å². The topological polar surface area (TPSA) is 84.9 Å². The molecule has 1 amide bonds. The molecule has 0 aliphatic carbocycles. The second-order valence-electron chi connectivity index (χ2n) is 5.84. The Balaban J connectivity index is 1.93. The Kier molecular flexibility index (Phi) is 7.02. The molecule has 0 fully saturated rings. The first kappa shape index (κ1) is 19.3. The second kappa shape index (κ2) is 9.46. The van der Waals surface area contributed by atoms with E-state index >= 15 is 0 Å². The summed E-state index contributed by atoms with van der Waals surface area (Å²) in [5, 5.41) is 11.9. The summed E-state index contributed by atoms with van der Waals surface area (Å²) >= 11 is 0. The van der Waals surface area contributed by atoms with Crippen molar-refractivity contribution < 1.29 is 24.2 Å². The third-order valence-electron chi connectivity index (χ3n) is 4.00. The summed E-state index contributed by atoms with van der Waals surface area (Å²) in [6, 6.07) is 13.7. The Morgan fingerprint density at radius 1 is 1.00 bits per heavy atom. The molecule has 0 bridgehead atoms. The first-order valence-electron chi connectivity index (χ1n) is 8.30. The number of hydrogen-bond acceptors (Lipinski definition) is 4. The highest BCUT2D eigenvalue weighted by atomic mass is 16.5. The Bertz CT molecular complexity index is 745. The minimum Gasteiger partial charge on any atom is -0.493 e. The van der Waals surface area contributed by atoms with Crippen LogP contribution in [0.5, 0.6) is 11.5 Å². The molecule has 0 heterocycles. The number of carboxylic acid groups (broad SMARTS) is 1. The van der Waals surface area contributed by atoms with Gasteiger partial charge in [0.25, 0.3) is 0 Å². The maximum Gasteiger partial charge on any atom is 0.326 e. The Hall–Kier alpha value is -3.02. The van der Waals surface area contributed by atoms with E-state index in [1.54, 1.807) is 20.3 Å². The SMILES string of the molecule is COc1ccc(CCC(=O)NC(Cc2ccccc2)C(=O)O)cc1OC. The maximum atomic E-state index is 12.2. The van der Waals surface area contributed by atoms with Crippen LogP contribution in [0.4, 0.5) is 0 Å². The van der Waals surface area contributed by atoms with Gasteiger partial charge in [0.1, 0.15) is 6.04 Å². The number of hydrogen-bond donors (Lipinski definition) is 2. The van der Waals surface area contributed by atoms with Crippen molar-refractivity contribution in [2.75, 3.05) is 14.2 Å². The molecule has 2 rings (SSSR count). The molecular formula is C20H23NO5. The fourth-order valence-corrected chi connectivity index (χ4v) is 2.61. The summed E-state index contributed by atoms with van der Waals surface area (Å²) in [6.45, 7) is 0. The summed E-state index contributed by atoms with van der Waals surface area (Å²) in [4.78, 5) is 23.6. The van der Waals surface area contributed by atoms with E-state index in [2.05, 4.69) is 5.32 Å². The zero-order valence-electron chi connectivity index (χ0n) is 14.9. The van der Waals surface area contributed by atoms with Gasteiger partial charge in [-0.25, -0.2) is 4.79 Å². The van der Waals surface area contributed by atoms with Crippen LogP contribution in [0.3, 0.4) is 0 Å². The van der Waals surface area contributed by atoms with Crippen molar-refractivity contribution in [2.24, 2.45) is 0 Å². The molecule has 0 saturated carbocycles. The van der Waals surface area contributed by atoms with Crippen LogP contribution in [0, 0.1) is 0 Å². The fraction of sp³-hybridized carbons (Fsp3) is 0.300. The molecule has 1 unspecified atom stereocenters. The van der Waals surface area contributed by atoms with Crippen LogP contribution in [0.2, 0.25) is 0 Å². The van der Waals surface area contributed by atoms with Gasteiger partial charge in [-0.2, -0.15) is 0 Å². The number of carbonyl (C=O) groups is 2. The molecule has 0 spiro atoms. The van der Waals surface area contributed by atoms with Crippen molar-refractivity contribution in [1.82, 2.24) is 5.32 Å².